The van der Waals surface area contributed by atoms with Gasteiger partial charge in [0.2, 0.25) is 0 Å². The minimum absolute atomic E-state index is 0.0357. The molecule has 232 valence electrons. The number of carbonyl (C=O) groups excluding carboxylic acids is 1. The molecule has 2 heterocycles. The van der Waals surface area contributed by atoms with Gasteiger partial charge in [-0.1, -0.05) is 40.1 Å². The van der Waals surface area contributed by atoms with Gasteiger partial charge in [0.15, 0.2) is 23.6 Å². The molecule has 3 N–H and O–H groups in total. The van der Waals surface area contributed by atoms with Crippen LogP contribution in [0, 0.1) is 24.4 Å². The molecule has 1 saturated heterocycles. The highest BCUT2D eigenvalue weighted by molar-refractivity contribution is 9.10. The van der Waals surface area contributed by atoms with E-state index in [4.69, 9.17) is 9.47 Å². The number of hydrogen-bond donors (Lipinski definition) is 3. The van der Waals surface area contributed by atoms with Crippen molar-refractivity contribution in [1.29, 1.82) is 0 Å². The molecule has 7 atom stereocenters. The third-order valence-electron chi connectivity index (χ3n) is 8.17. The van der Waals surface area contributed by atoms with Crippen LogP contribution in [0.4, 0.5) is 18.9 Å². The fourth-order valence-electron chi connectivity index (χ4n) is 5.95. The number of anilines is 1. The molecule has 43 heavy (non-hydrogen) atoms. The number of aromatic nitrogens is 3. The van der Waals surface area contributed by atoms with E-state index in [0.717, 1.165) is 35.0 Å². The summed E-state index contributed by atoms with van der Waals surface area (Å²) in [6, 6.07) is 5.25. The lowest BCUT2D eigenvalue weighted by Crippen LogP contribution is -2.63. The number of aryl methyl sites for hydroxylation is 1. The first-order valence-electron chi connectivity index (χ1n) is 13.9. The standard InChI is InChI=1S/C29H32BrF3N4O6/c1-14-7-8-16(30)11-21(14)37(20-5-3-4-6-22(20)39)29(41)28-27(42-2)25(26(40)23(13-38)43-28)36-12-19(34-35-36)15-9-17(31)24(33)18(32)10-15/h7-12,20,22-23,25-28,38-40H,3-6,13H2,1-2H3/t20-,22-,23+,25-,26-,27+,28+/m0/s1. The van der Waals surface area contributed by atoms with E-state index in [1.807, 2.05) is 19.1 Å². The van der Waals surface area contributed by atoms with Crippen LogP contribution in [0.2, 0.25) is 0 Å². The lowest BCUT2D eigenvalue weighted by molar-refractivity contribution is -0.211. The predicted octanol–water partition coefficient (Wildman–Crippen LogP) is 3.45. The van der Waals surface area contributed by atoms with Crippen LogP contribution in [0.5, 0.6) is 0 Å². The smallest absolute Gasteiger partial charge is 0.259 e. The molecule has 0 spiro atoms. The molecule has 0 unspecified atom stereocenters. The van der Waals surface area contributed by atoms with Gasteiger partial charge in [0, 0.05) is 22.8 Å². The third kappa shape index (κ3) is 6.08. The van der Waals surface area contributed by atoms with Gasteiger partial charge in [-0.25, -0.2) is 17.9 Å². The van der Waals surface area contributed by atoms with Crippen LogP contribution in [0.25, 0.3) is 11.3 Å². The maximum atomic E-state index is 14.5. The number of amides is 1. The monoisotopic (exact) mass is 668 g/mol. The first kappa shape index (κ1) is 31.5. The Morgan fingerprint density at radius 3 is 2.51 bits per heavy atom. The summed E-state index contributed by atoms with van der Waals surface area (Å²) in [4.78, 5) is 16.0. The zero-order chi connectivity index (χ0) is 31.0. The number of benzene rings is 2. The fourth-order valence-corrected chi connectivity index (χ4v) is 6.30. The molecule has 14 heteroatoms. The predicted molar refractivity (Wildman–Crippen MR) is 152 cm³/mol. The summed E-state index contributed by atoms with van der Waals surface area (Å²) in [6.45, 7) is 1.18. The van der Waals surface area contributed by atoms with E-state index < -0.39 is 72.6 Å². The van der Waals surface area contributed by atoms with Gasteiger partial charge in [-0.05, 0) is 49.6 Å². The van der Waals surface area contributed by atoms with E-state index in [1.54, 1.807) is 6.07 Å². The molecule has 0 bridgehead atoms. The molecule has 2 fully saturated rings. The van der Waals surface area contributed by atoms with Crippen molar-refractivity contribution in [2.75, 3.05) is 18.6 Å². The molecule has 1 aromatic heterocycles. The summed E-state index contributed by atoms with van der Waals surface area (Å²) in [7, 11) is 1.32. The van der Waals surface area contributed by atoms with Crippen molar-refractivity contribution in [2.45, 2.75) is 75.2 Å². The number of aliphatic hydroxyl groups is 3. The molecule has 1 aliphatic carbocycles. The molecular weight excluding hydrogens is 637 g/mol. The number of aliphatic hydroxyl groups excluding tert-OH is 3. The first-order chi connectivity index (χ1) is 20.5. The van der Waals surface area contributed by atoms with Crippen molar-refractivity contribution >= 4 is 27.5 Å². The molecule has 2 aromatic carbocycles. The van der Waals surface area contributed by atoms with Crippen molar-refractivity contribution in [3.63, 3.8) is 0 Å². The topological polar surface area (TPSA) is 130 Å². The SMILES string of the molecule is CO[C@@H]1[C@@H](n2cc(-c3cc(F)c(F)c(F)c3)nn2)[C@@H](O)[C@@H](CO)O[C@H]1C(=O)N(c1cc(Br)ccc1C)[C@H]1CCCC[C@@H]1O. The Balaban J connectivity index is 1.55. The van der Waals surface area contributed by atoms with Crippen LogP contribution in [0.3, 0.4) is 0 Å². The molecule has 10 nitrogen and oxygen atoms in total. The minimum atomic E-state index is -1.63. The summed E-state index contributed by atoms with van der Waals surface area (Å²) in [6.07, 6.45) is -2.13. The Morgan fingerprint density at radius 1 is 1.16 bits per heavy atom. The summed E-state index contributed by atoms with van der Waals surface area (Å²) in [5.74, 6) is -5.01. The molecule has 2 aliphatic rings. The van der Waals surface area contributed by atoms with Crippen molar-refractivity contribution in [1.82, 2.24) is 15.0 Å². The van der Waals surface area contributed by atoms with Gasteiger partial charge in [0.1, 0.15) is 30.0 Å². The summed E-state index contributed by atoms with van der Waals surface area (Å²) in [5.41, 5.74) is 1.18. The van der Waals surface area contributed by atoms with E-state index in [9.17, 15) is 33.3 Å². The Kier molecular flexibility index (Phi) is 9.54. The average Bonchev–Trinajstić information content (AvgIpc) is 3.48. The summed E-state index contributed by atoms with van der Waals surface area (Å²) >= 11 is 3.47. The van der Waals surface area contributed by atoms with Gasteiger partial charge < -0.3 is 29.7 Å². The second kappa shape index (κ2) is 13.0. The Labute approximate surface area is 254 Å². The molecule has 0 radical (unpaired) electrons. The maximum absolute atomic E-state index is 14.5. The van der Waals surface area contributed by atoms with Gasteiger partial charge in [-0.2, -0.15) is 0 Å². The van der Waals surface area contributed by atoms with E-state index >= 15 is 0 Å². The number of hydrogen-bond acceptors (Lipinski definition) is 8. The van der Waals surface area contributed by atoms with Crippen LogP contribution in [-0.2, 0) is 14.3 Å². The van der Waals surface area contributed by atoms with E-state index in [0.29, 0.717) is 18.5 Å². The zero-order valence-corrected chi connectivity index (χ0v) is 25.0. The Hall–Kier alpha value is -2.88. The normalized spacial score (nSPS) is 27.7. The number of halogens is 4. The Bertz CT molecular complexity index is 1450. The number of rotatable bonds is 7. The van der Waals surface area contributed by atoms with Gasteiger partial charge in [-0.15, -0.1) is 5.10 Å². The number of methoxy groups -OCH3 is 1. The second-order valence-electron chi connectivity index (χ2n) is 10.9. The quantitative estimate of drug-likeness (QED) is 0.327. The highest BCUT2D eigenvalue weighted by Gasteiger charge is 2.52. The molecule has 1 aliphatic heterocycles. The van der Waals surface area contributed by atoms with Gasteiger partial charge in [0.25, 0.3) is 5.91 Å². The minimum Gasteiger partial charge on any atom is -0.394 e. The van der Waals surface area contributed by atoms with Crippen molar-refractivity contribution < 1.29 is 42.8 Å². The first-order valence-corrected chi connectivity index (χ1v) is 14.7. The molecule has 5 rings (SSSR count). The Morgan fingerprint density at radius 2 is 1.86 bits per heavy atom. The van der Waals surface area contributed by atoms with Crippen molar-refractivity contribution in [2.24, 2.45) is 0 Å². The van der Waals surface area contributed by atoms with Crippen molar-refractivity contribution in [3.8, 4) is 11.3 Å². The van der Waals surface area contributed by atoms with Gasteiger partial charge >= 0.3 is 0 Å². The fraction of sp³-hybridized carbons (Fsp3) is 0.483. The third-order valence-corrected chi connectivity index (χ3v) is 8.67. The van der Waals surface area contributed by atoms with Gasteiger partial charge in [-0.3, -0.25) is 4.79 Å². The van der Waals surface area contributed by atoms with Crippen LogP contribution in [0.1, 0.15) is 37.3 Å². The maximum Gasteiger partial charge on any atom is 0.259 e. The molecule has 1 amide bonds. The number of ether oxygens (including phenoxy) is 2. The summed E-state index contributed by atoms with van der Waals surface area (Å²) < 4.78 is 55.0. The lowest BCUT2D eigenvalue weighted by atomic mass is 9.88. The molecule has 1 saturated carbocycles. The second-order valence-corrected chi connectivity index (χ2v) is 11.8. The van der Waals surface area contributed by atoms with Crippen LogP contribution in [-0.4, -0.2) is 86.5 Å². The van der Waals surface area contributed by atoms with Crippen molar-refractivity contribution in [3.05, 3.63) is 64.0 Å². The summed E-state index contributed by atoms with van der Waals surface area (Å²) in [5, 5.41) is 40.3. The zero-order valence-electron chi connectivity index (χ0n) is 23.4. The van der Waals surface area contributed by atoms with E-state index in [1.165, 1.54) is 22.9 Å². The van der Waals surface area contributed by atoms with E-state index in [-0.39, 0.29) is 11.3 Å². The lowest BCUT2D eigenvalue weighted by Gasteiger charge is -2.46. The van der Waals surface area contributed by atoms with Crippen LogP contribution in [0.15, 0.2) is 41.0 Å². The molecular formula is C29H32BrF3N4O6. The van der Waals surface area contributed by atoms with E-state index in [2.05, 4.69) is 26.2 Å². The van der Waals surface area contributed by atoms with Crippen LogP contribution >= 0.6 is 15.9 Å². The molecule has 3 aromatic rings. The average molecular weight is 669 g/mol. The highest BCUT2D eigenvalue weighted by atomic mass is 79.9. The largest absolute Gasteiger partial charge is 0.394 e. The van der Waals surface area contributed by atoms with Gasteiger partial charge in [0.05, 0.1) is 24.9 Å². The number of carbonyl (C=O) groups is 1. The number of nitrogens with zero attached hydrogens (tertiary/aromatic N) is 4. The van der Waals surface area contributed by atoms with Crippen LogP contribution < -0.4 is 4.90 Å². The highest BCUT2D eigenvalue weighted by Crippen LogP contribution is 2.38.